The lowest BCUT2D eigenvalue weighted by molar-refractivity contribution is -0.130. The predicted octanol–water partition coefficient (Wildman–Crippen LogP) is 0.714. The van der Waals surface area contributed by atoms with E-state index in [9.17, 15) is 13.6 Å². The van der Waals surface area contributed by atoms with Crippen molar-refractivity contribution in [2.24, 2.45) is 0 Å². The van der Waals surface area contributed by atoms with Gasteiger partial charge in [-0.15, -0.1) is 0 Å². The number of alkyl halides is 2. The maximum atomic E-state index is 11.9. The molecule has 1 heterocycles. The fourth-order valence-corrected chi connectivity index (χ4v) is 0.635. The molecule has 13 heavy (non-hydrogen) atoms. The molecule has 1 rings (SSSR count). The smallest absolute Gasteiger partial charge is 0.382 e. The van der Waals surface area contributed by atoms with E-state index in [1.54, 1.807) is 5.92 Å². The number of carboxylic acid groups (broad SMARTS) is 1. The maximum absolute atomic E-state index is 11.9. The molecule has 1 aromatic heterocycles. The summed E-state index contributed by atoms with van der Waals surface area (Å²) in [7, 11) is 0. The molecule has 0 unspecified atom stereocenters. The number of aliphatic carboxylic acids is 1. The van der Waals surface area contributed by atoms with Gasteiger partial charge in [0.05, 0.1) is 11.8 Å². The fraction of sp³-hybridized carbons (Fsp3) is 0.143. The predicted molar refractivity (Wildman–Crippen MR) is 38.0 cm³/mol. The van der Waals surface area contributed by atoms with Crippen LogP contribution in [0.25, 0.3) is 0 Å². The molecule has 0 saturated heterocycles. The molecule has 0 aliphatic heterocycles. The first kappa shape index (κ1) is 9.19. The Balaban J connectivity index is 2.82. The van der Waals surface area contributed by atoms with Crippen LogP contribution < -0.4 is 0 Å². The lowest BCUT2D eigenvalue weighted by atomic mass is 10.4. The molecule has 0 bridgehead atoms. The Morgan fingerprint density at radius 1 is 1.69 bits per heavy atom. The lowest BCUT2D eigenvalue weighted by Gasteiger charge is -1.93. The molecular weight excluding hydrogens is 182 g/mol. The van der Waals surface area contributed by atoms with Gasteiger partial charge < -0.3 is 5.11 Å². The normalized spacial score (nSPS) is 9.46. The van der Waals surface area contributed by atoms with Crippen LogP contribution in [0, 0.1) is 11.8 Å². The molecule has 6 heteroatoms. The number of rotatable bonds is 1. The van der Waals surface area contributed by atoms with Gasteiger partial charge in [0.2, 0.25) is 0 Å². The van der Waals surface area contributed by atoms with Crippen molar-refractivity contribution in [3.05, 3.63) is 18.0 Å². The lowest BCUT2D eigenvalue weighted by Crippen LogP contribution is -1.96. The highest BCUT2D eigenvalue weighted by atomic mass is 19.3. The van der Waals surface area contributed by atoms with E-state index in [4.69, 9.17) is 5.11 Å². The van der Waals surface area contributed by atoms with Crippen LogP contribution in [0.15, 0.2) is 12.4 Å². The molecule has 4 nitrogen and oxygen atoms in total. The molecule has 0 fully saturated rings. The van der Waals surface area contributed by atoms with Gasteiger partial charge in [-0.2, -0.15) is 13.9 Å². The number of hydrogen-bond donors (Lipinski definition) is 1. The van der Waals surface area contributed by atoms with Gasteiger partial charge in [-0.1, -0.05) is 5.92 Å². The number of carboxylic acids is 1. The van der Waals surface area contributed by atoms with Crippen molar-refractivity contribution < 1.29 is 18.7 Å². The van der Waals surface area contributed by atoms with Crippen LogP contribution in [-0.2, 0) is 4.79 Å². The molecule has 0 atom stereocenters. The molecule has 0 spiro atoms. The molecular formula is C7H4F2N2O2. The van der Waals surface area contributed by atoms with Crippen LogP contribution in [0.5, 0.6) is 0 Å². The molecule has 0 radical (unpaired) electrons. The van der Waals surface area contributed by atoms with Crippen molar-refractivity contribution in [2.45, 2.75) is 6.55 Å². The Kier molecular flexibility index (Phi) is 2.59. The second kappa shape index (κ2) is 3.67. The van der Waals surface area contributed by atoms with Crippen molar-refractivity contribution in [3.8, 4) is 11.8 Å². The Bertz CT molecular complexity index is 375. The van der Waals surface area contributed by atoms with Crippen molar-refractivity contribution in [2.75, 3.05) is 0 Å². The fourth-order valence-electron chi connectivity index (χ4n) is 0.635. The van der Waals surface area contributed by atoms with Crippen LogP contribution in [0.3, 0.4) is 0 Å². The van der Waals surface area contributed by atoms with E-state index in [2.05, 4.69) is 11.0 Å². The third-order valence-electron chi connectivity index (χ3n) is 1.12. The van der Waals surface area contributed by atoms with Gasteiger partial charge >= 0.3 is 12.5 Å². The van der Waals surface area contributed by atoms with Gasteiger partial charge in [-0.25, -0.2) is 9.48 Å². The van der Waals surface area contributed by atoms with Gasteiger partial charge in [0.15, 0.2) is 0 Å². The number of halogens is 2. The first-order valence-electron chi connectivity index (χ1n) is 3.17. The summed E-state index contributed by atoms with van der Waals surface area (Å²) in [6.07, 6.45) is 2.04. The highest BCUT2D eigenvalue weighted by molar-refractivity contribution is 5.87. The molecule has 68 valence electrons. The topological polar surface area (TPSA) is 55.1 Å². The third kappa shape index (κ3) is 2.56. The Morgan fingerprint density at radius 2 is 2.38 bits per heavy atom. The largest absolute Gasteiger partial charge is 0.472 e. The molecule has 0 saturated carbocycles. The zero-order chi connectivity index (χ0) is 9.84. The average Bonchev–Trinajstić information content (AvgIpc) is 2.48. The average molecular weight is 186 g/mol. The molecule has 0 aliphatic carbocycles. The minimum absolute atomic E-state index is 0.141. The SMILES string of the molecule is O=C(O)C#Cc1cnn(C(F)F)c1. The van der Waals surface area contributed by atoms with E-state index < -0.39 is 12.5 Å². The molecule has 1 N–H and O–H groups in total. The number of nitrogens with zero attached hydrogens (tertiary/aromatic N) is 2. The molecule has 0 aromatic carbocycles. The molecule has 1 aromatic rings. The first-order valence-corrected chi connectivity index (χ1v) is 3.17. The van der Waals surface area contributed by atoms with Crippen LogP contribution >= 0.6 is 0 Å². The summed E-state index contributed by atoms with van der Waals surface area (Å²) < 4.78 is 24.2. The second-order valence-electron chi connectivity index (χ2n) is 2.04. The summed E-state index contributed by atoms with van der Waals surface area (Å²) in [5, 5.41) is 11.4. The van der Waals surface area contributed by atoms with Gasteiger partial charge in [0.25, 0.3) is 0 Å². The Morgan fingerprint density at radius 3 is 2.85 bits per heavy atom. The van der Waals surface area contributed by atoms with Gasteiger partial charge in [0, 0.05) is 12.1 Å². The van der Waals surface area contributed by atoms with Crippen LogP contribution in [0.2, 0.25) is 0 Å². The number of carbonyl (C=O) groups is 1. The molecule has 0 aliphatic rings. The van der Waals surface area contributed by atoms with E-state index in [0.29, 0.717) is 4.68 Å². The summed E-state index contributed by atoms with van der Waals surface area (Å²) in [6, 6.07) is 0. The van der Waals surface area contributed by atoms with Crippen molar-refractivity contribution >= 4 is 5.97 Å². The summed E-state index contributed by atoms with van der Waals surface area (Å²) in [6.45, 7) is -2.74. The summed E-state index contributed by atoms with van der Waals surface area (Å²) in [5.74, 6) is 2.62. The minimum Gasteiger partial charge on any atom is -0.472 e. The van der Waals surface area contributed by atoms with E-state index in [-0.39, 0.29) is 5.56 Å². The second-order valence-corrected chi connectivity index (χ2v) is 2.04. The monoisotopic (exact) mass is 186 g/mol. The van der Waals surface area contributed by atoms with Crippen LogP contribution in [0.4, 0.5) is 8.78 Å². The van der Waals surface area contributed by atoms with Crippen molar-refractivity contribution in [3.63, 3.8) is 0 Å². The zero-order valence-electron chi connectivity index (χ0n) is 6.24. The Hall–Kier alpha value is -1.90. The highest BCUT2D eigenvalue weighted by Gasteiger charge is 2.05. The number of aromatic nitrogens is 2. The summed E-state index contributed by atoms with van der Waals surface area (Å²) in [5.41, 5.74) is 0.141. The van der Waals surface area contributed by atoms with Gasteiger partial charge in [0.1, 0.15) is 0 Å². The highest BCUT2D eigenvalue weighted by Crippen LogP contribution is 2.08. The minimum atomic E-state index is -2.74. The zero-order valence-corrected chi connectivity index (χ0v) is 6.24. The van der Waals surface area contributed by atoms with Crippen LogP contribution in [0.1, 0.15) is 12.1 Å². The maximum Gasteiger partial charge on any atom is 0.382 e. The van der Waals surface area contributed by atoms with E-state index in [1.165, 1.54) is 0 Å². The van der Waals surface area contributed by atoms with Gasteiger partial charge in [-0.05, 0) is 0 Å². The number of hydrogen-bond acceptors (Lipinski definition) is 2. The van der Waals surface area contributed by atoms with Gasteiger partial charge in [-0.3, -0.25) is 0 Å². The third-order valence-corrected chi connectivity index (χ3v) is 1.12. The standard InChI is InChI=1S/C7H4F2N2O2/c8-7(9)11-4-5(3-10-11)1-2-6(12)13/h3-4,7H,(H,12,13). The van der Waals surface area contributed by atoms with Crippen molar-refractivity contribution in [1.82, 2.24) is 9.78 Å². The quantitative estimate of drug-likeness (QED) is 0.657. The van der Waals surface area contributed by atoms with E-state index in [0.717, 1.165) is 12.4 Å². The summed E-state index contributed by atoms with van der Waals surface area (Å²) in [4.78, 5) is 9.96. The van der Waals surface area contributed by atoms with Crippen LogP contribution in [-0.4, -0.2) is 20.9 Å². The van der Waals surface area contributed by atoms with Crippen molar-refractivity contribution in [1.29, 1.82) is 0 Å². The Labute approximate surface area is 71.8 Å². The molecule has 0 amide bonds. The summed E-state index contributed by atoms with van der Waals surface area (Å²) >= 11 is 0. The van der Waals surface area contributed by atoms with E-state index >= 15 is 0 Å². The first-order chi connectivity index (χ1) is 6.09. The van der Waals surface area contributed by atoms with E-state index in [1.807, 2.05) is 0 Å².